The molecular weight excluding hydrogens is 660 g/mol. The first-order valence-electron chi connectivity index (χ1n) is 15.2. The Bertz CT molecular complexity index is 2080. The summed E-state index contributed by atoms with van der Waals surface area (Å²) >= 11 is 4.77. The first-order valence-corrected chi connectivity index (χ1v) is 16.8. The number of hydrogen-bond donors (Lipinski definition) is 0. The van der Waals surface area contributed by atoms with Gasteiger partial charge in [0.25, 0.3) is 5.56 Å². The number of esters is 1. The maximum absolute atomic E-state index is 14.2. The van der Waals surface area contributed by atoms with Crippen LogP contribution in [0.15, 0.2) is 123 Å². The second kappa shape index (κ2) is 13.8. The number of carbonyl (C=O) groups excluding carboxylic acids is 1. The van der Waals surface area contributed by atoms with Crippen molar-refractivity contribution < 1.29 is 14.3 Å². The molecule has 6 rings (SSSR count). The lowest BCUT2D eigenvalue weighted by molar-refractivity contribution is -0.138. The zero-order chi connectivity index (χ0) is 32.2. The third kappa shape index (κ3) is 6.69. The van der Waals surface area contributed by atoms with E-state index < -0.39 is 12.0 Å². The number of ether oxygens (including phenoxy) is 2. The van der Waals surface area contributed by atoms with Gasteiger partial charge in [0, 0.05) is 10.0 Å². The summed E-state index contributed by atoms with van der Waals surface area (Å²) in [5, 5.41) is 0. The van der Waals surface area contributed by atoms with Crippen molar-refractivity contribution in [3.63, 3.8) is 0 Å². The Hall–Kier alpha value is -4.53. The van der Waals surface area contributed by atoms with Crippen LogP contribution in [0.25, 0.3) is 11.8 Å². The fraction of sp³-hybridized carbons (Fsp3) is 0.184. The quantitative estimate of drug-likeness (QED) is 0.151. The molecule has 1 aliphatic rings. The molecule has 0 N–H and O–H groups in total. The Kier molecular flexibility index (Phi) is 9.47. The summed E-state index contributed by atoms with van der Waals surface area (Å²) in [6.45, 7) is 6.67. The summed E-state index contributed by atoms with van der Waals surface area (Å²) in [6.07, 6.45) is 1.85. The normalized spacial score (nSPS) is 14.6. The second-order valence-electron chi connectivity index (χ2n) is 11.2. The summed E-state index contributed by atoms with van der Waals surface area (Å²) in [5.41, 5.74) is 5.26. The molecule has 0 fully saturated rings. The Morgan fingerprint density at radius 3 is 2.41 bits per heavy atom. The molecule has 1 aliphatic heterocycles. The van der Waals surface area contributed by atoms with Crippen LogP contribution in [0.5, 0.6) is 5.75 Å². The zero-order valence-electron chi connectivity index (χ0n) is 25.8. The maximum Gasteiger partial charge on any atom is 0.338 e. The van der Waals surface area contributed by atoms with E-state index in [1.807, 2.05) is 97.1 Å². The number of benzene rings is 4. The fourth-order valence-electron chi connectivity index (χ4n) is 5.41. The number of hydrogen-bond acceptors (Lipinski definition) is 6. The Morgan fingerprint density at radius 1 is 0.978 bits per heavy atom. The van der Waals surface area contributed by atoms with Gasteiger partial charge in [-0.15, -0.1) is 0 Å². The minimum atomic E-state index is -0.713. The molecule has 5 aromatic rings. The standard InChI is InChI=1S/C38H33BrN2O4S/c1-4-44-37(43)33-34(28-10-6-5-7-11-28)40-38-41(35(33)29-17-15-27(16-18-29)24(2)3)36(42)32(46-38)22-26-9-8-12-31(21-26)45-23-25-13-19-30(39)20-14-25/h5-22,24,35H,4,23H2,1-3H3/b32-22-/t35-/m1/s1. The smallest absolute Gasteiger partial charge is 0.338 e. The Morgan fingerprint density at radius 2 is 1.72 bits per heavy atom. The van der Waals surface area contributed by atoms with E-state index in [1.54, 1.807) is 11.5 Å². The van der Waals surface area contributed by atoms with E-state index in [2.05, 4.69) is 41.9 Å². The number of carbonyl (C=O) groups is 1. The van der Waals surface area contributed by atoms with E-state index in [9.17, 15) is 9.59 Å². The summed E-state index contributed by atoms with van der Waals surface area (Å²) in [7, 11) is 0. The molecule has 232 valence electrons. The van der Waals surface area contributed by atoms with Gasteiger partial charge in [0.15, 0.2) is 4.80 Å². The van der Waals surface area contributed by atoms with E-state index in [-0.39, 0.29) is 12.2 Å². The van der Waals surface area contributed by atoms with Gasteiger partial charge in [0.1, 0.15) is 12.4 Å². The Balaban J connectivity index is 1.47. The van der Waals surface area contributed by atoms with Crippen molar-refractivity contribution in [1.82, 2.24) is 4.57 Å². The van der Waals surface area contributed by atoms with E-state index in [1.165, 1.54) is 16.9 Å². The fourth-order valence-corrected chi connectivity index (χ4v) is 6.68. The van der Waals surface area contributed by atoms with Gasteiger partial charge in [-0.05, 0) is 65.4 Å². The Labute approximate surface area is 280 Å². The number of thiazole rings is 1. The van der Waals surface area contributed by atoms with Gasteiger partial charge >= 0.3 is 5.97 Å². The molecule has 0 saturated carbocycles. The van der Waals surface area contributed by atoms with Crippen LogP contribution in [0.1, 0.15) is 60.5 Å². The van der Waals surface area contributed by atoms with Crippen LogP contribution in [0.2, 0.25) is 0 Å². The van der Waals surface area contributed by atoms with Crippen molar-refractivity contribution in [3.8, 4) is 5.75 Å². The highest BCUT2D eigenvalue weighted by atomic mass is 79.9. The number of rotatable bonds is 9. The predicted molar refractivity (Wildman–Crippen MR) is 187 cm³/mol. The SMILES string of the molecule is CCOC(=O)C1=C(c2ccccc2)N=c2s/c(=C\c3cccc(OCc4ccc(Br)cc4)c3)c(=O)n2[C@@H]1c1ccc(C(C)C)cc1. The molecule has 0 aliphatic carbocycles. The van der Waals surface area contributed by atoms with E-state index >= 15 is 0 Å². The van der Waals surface area contributed by atoms with Crippen LogP contribution in [0.3, 0.4) is 0 Å². The number of fused-ring (bicyclic) bond motifs is 1. The largest absolute Gasteiger partial charge is 0.489 e. The van der Waals surface area contributed by atoms with Crippen LogP contribution >= 0.6 is 27.3 Å². The van der Waals surface area contributed by atoms with Crippen LogP contribution in [-0.4, -0.2) is 17.1 Å². The van der Waals surface area contributed by atoms with Gasteiger partial charge in [0.05, 0.1) is 28.5 Å². The highest BCUT2D eigenvalue weighted by Crippen LogP contribution is 2.35. The summed E-state index contributed by atoms with van der Waals surface area (Å²) in [5.74, 6) is 0.544. The molecule has 0 saturated heterocycles. The van der Waals surface area contributed by atoms with E-state index in [4.69, 9.17) is 14.5 Å². The average Bonchev–Trinajstić information content (AvgIpc) is 3.38. The topological polar surface area (TPSA) is 69.9 Å². The lowest BCUT2D eigenvalue weighted by Crippen LogP contribution is -2.40. The molecule has 8 heteroatoms. The molecule has 6 nitrogen and oxygen atoms in total. The van der Waals surface area contributed by atoms with Crippen molar-refractivity contribution in [2.45, 2.75) is 39.3 Å². The summed E-state index contributed by atoms with van der Waals surface area (Å²) < 4.78 is 14.8. The van der Waals surface area contributed by atoms with Crippen LogP contribution in [0, 0.1) is 0 Å². The zero-order valence-corrected chi connectivity index (χ0v) is 28.2. The molecule has 0 radical (unpaired) electrons. The lowest BCUT2D eigenvalue weighted by atomic mass is 9.91. The van der Waals surface area contributed by atoms with Crippen molar-refractivity contribution >= 4 is 45.0 Å². The highest BCUT2D eigenvalue weighted by Gasteiger charge is 2.35. The van der Waals surface area contributed by atoms with Crippen LogP contribution in [0.4, 0.5) is 0 Å². The van der Waals surface area contributed by atoms with Gasteiger partial charge in [-0.25, -0.2) is 9.79 Å². The molecule has 0 spiro atoms. The molecular formula is C38H33BrN2O4S. The molecule has 0 unspecified atom stereocenters. The van der Waals surface area contributed by atoms with Crippen molar-refractivity contribution in [2.24, 2.45) is 4.99 Å². The molecule has 1 atom stereocenters. The molecule has 46 heavy (non-hydrogen) atoms. The third-order valence-corrected chi connectivity index (χ3v) is 9.28. The van der Waals surface area contributed by atoms with E-state index in [0.29, 0.717) is 38.9 Å². The molecule has 0 bridgehead atoms. The highest BCUT2D eigenvalue weighted by molar-refractivity contribution is 9.10. The van der Waals surface area contributed by atoms with Gasteiger partial charge in [-0.3, -0.25) is 9.36 Å². The van der Waals surface area contributed by atoms with Crippen molar-refractivity contribution in [1.29, 1.82) is 0 Å². The summed E-state index contributed by atoms with van der Waals surface area (Å²) in [4.78, 5) is 33.4. The lowest BCUT2D eigenvalue weighted by Gasteiger charge is -2.26. The van der Waals surface area contributed by atoms with Gasteiger partial charge in [0.2, 0.25) is 0 Å². The van der Waals surface area contributed by atoms with E-state index in [0.717, 1.165) is 26.7 Å². The molecule has 2 heterocycles. The molecule has 4 aromatic carbocycles. The van der Waals surface area contributed by atoms with Gasteiger partial charge in [-0.2, -0.15) is 0 Å². The summed E-state index contributed by atoms with van der Waals surface area (Å²) in [6, 6.07) is 32.6. The number of aromatic nitrogens is 1. The van der Waals surface area contributed by atoms with Crippen LogP contribution < -0.4 is 19.6 Å². The maximum atomic E-state index is 14.2. The van der Waals surface area contributed by atoms with Crippen molar-refractivity contribution in [2.75, 3.05) is 6.61 Å². The van der Waals surface area contributed by atoms with Gasteiger partial charge in [-0.1, -0.05) is 120 Å². The van der Waals surface area contributed by atoms with Crippen LogP contribution in [-0.2, 0) is 16.1 Å². The predicted octanol–water partition coefficient (Wildman–Crippen LogP) is 7.40. The number of halogens is 1. The van der Waals surface area contributed by atoms with Gasteiger partial charge < -0.3 is 9.47 Å². The monoisotopic (exact) mass is 692 g/mol. The first kappa shape index (κ1) is 31.5. The first-order chi connectivity index (χ1) is 22.3. The average molecular weight is 694 g/mol. The minimum Gasteiger partial charge on any atom is -0.489 e. The second-order valence-corrected chi connectivity index (χ2v) is 13.2. The van der Waals surface area contributed by atoms with Crippen molar-refractivity contribution in [3.05, 3.63) is 161 Å². The molecule has 0 amide bonds. The third-order valence-electron chi connectivity index (χ3n) is 7.77. The minimum absolute atomic E-state index is 0.202. The number of nitrogens with zero attached hydrogens (tertiary/aromatic N) is 2. The molecule has 1 aromatic heterocycles.